The molecule has 0 bridgehead atoms. The number of nitrogen functional groups attached to an aromatic ring is 1. The molecule has 0 aromatic carbocycles. The number of hydrazine groups is 1. The van der Waals surface area contributed by atoms with Gasteiger partial charge in [0.2, 0.25) is 10.0 Å². The van der Waals surface area contributed by atoms with Crippen LogP contribution in [-0.2, 0) is 10.0 Å². The van der Waals surface area contributed by atoms with Crippen LogP contribution in [-0.4, -0.2) is 74.3 Å². The third-order valence-corrected chi connectivity index (χ3v) is 5.96. The highest BCUT2D eigenvalue weighted by Crippen LogP contribution is 2.33. The van der Waals surface area contributed by atoms with Gasteiger partial charge in [-0.3, -0.25) is 0 Å². The van der Waals surface area contributed by atoms with E-state index in [2.05, 4.69) is 21.7 Å². The summed E-state index contributed by atoms with van der Waals surface area (Å²) in [5, 5.41) is 2.46. The molecule has 0 atom stereocenters. The van der Waals surface area contributed by atoms with Crippen molar-refractivity contribution in [2.45, 2.75) is 4.90 Å². The molecule has 2 rings (SSSR count). The molecule has 0 radical (unpaired) electrons. The Morgan fingerprint density at radius 3 is 2.45 bits per heavy atom. The minimum absolute atomic E-state index is 0.0420. The topological polar surface area (TPSA) is 94.8 Å². The number of nitrogens with zero attached hydrogens (tertiary/aromatic N) is 4. The van der Waals surface area contributed by atoms with Gasteiger partial charge in [0.1, 0.15) is 5.00 Å². The van der Waals surface area contributed by atoms with Crippen LogP contribution < -0.4 is 11.2 Å². The summed E-state index contributed by atoms with van der Waals surface area (Å²) in [5.74, 6) is 0.0420. The molecule has 1 aromatic rings. The molecule has 114 valence electrons. The van der Waals surface area contributed by atoms with Gasteiger partial charge in [0.05, 0.1) is 0 Å². The fraction of sp³-hybridized carbons (Fsp3) is 0.700. The quantitative estimate of drug-likeness (QED) is 0.776. The van der Waals surface area contributed by atoms with E-state index in [4.69, 9.17) is 5.73 Å². The van der Waals surface area contributed by atoms with E-state index in [1.54, 1.807) is 0 Å². The van der Waals surface area contributed by atoms with E-state index in [-0.39, 0.29) is 10.7 Å². The highest BCUT2D eigenvalue weighted by molar-refractivity contribution is 7.89. The second-order valence-corrected chi connectivity index (χ2v) is 7.78. The maximum absolute atomic E-state index is 12.3. The van der Waals surface area contributed by atoms with Gasteiger partial charge < -0.3 is 16.1 Å². The second kappa shape index (κ2) is 5.82. The molecule has 0 amide bonds. The molecule has 3 N–H and O–H groups in total. The average Bonchev–Trinajstić information content (AvgIpc) is 2.73. The van der Waals surface area contributed by atoms with Crippen LogP contribution in [0.5, 0.6) is 0 Å². The number of sulfonamides is 1. The molecule has 10 heteroatoms. The number of likely N-dealkylation sites (N-methyl/N-ethyl adjacent to an activating group) is 1. The molecule has 1 aliphatic heterocycles. The highest BCUT2D eigenvalue weighted by atomic mass is 32.2. The lowest BCUT2D eigenvalue weighted by atomic mass is 10.4. The van der Waals surface area contributed by atoms with Gasteiger partial charge in [-0.25, -0.2) is 17.7 Å². The zero-order valence-corrected chi connectivity index (χ0v) is 13.5. The van der Waals surface area contributed by atoms with Crippen molar-refractivity contribution in [3.05, 3.63) is 0 Å². The molecule has 0 spiro atoms. The van der Waals surface area contributed by atoms with Gasteiger partial charge in [0.25, 0.3) is 0 Å². The van der Waals surface area contributed by atoms with Crippen molar-refractivity contribution in [2.24, 2.45) is 0 Å². The minimum Gasteiger partial charge on any atom is -0.382 e. The third kappa shape index (κ3) is 3.04. The smallest absolute Gasteiger partial charge is 0.249 e. The molecule has 2 heterocycles. The SMILES string of the molecule is CN1CCN(Nc2snc(N)c2S(=O)(=O)N(C)C)CC1. The van der Waals surface area contributed by atoms with Gasteiger partial charge >= 0.3 is 0 Å². The van der Waals surface area contributed by atoms with Crippen LogP contribution in [0.2, 0.25) is 0 Å². The first kappa shape index (κ1) is 15.4. The van der Waals surface area contributed by atoms with Crippen LogP contribution in [0.25, 0.3) is 0 Å². The summed E-state index contributed by atoms with van der Waals surface area (Å²) in [6.07, 6.45) is 0. The number of rotatable bonds is 4. The van der Waals surface area contributed by atoms with E-state index in [1.807, 2.05) is 5.01 Å². The Morgan fingerprint density at radius 1 is 1.30 bits per heavy atom. The van der Waals surface area contributed by atoms with Crippen molar-refractivity contribution < 1.29 is 8.42 Å². The van der Waals surface area contributed by atoms with Crippen molar-refractivity contribution in [1.29, 1.82) is 0 Å². The summed E-state index contributed by atoms with van der Waals surface area (Å²) >= 11 is 1.07. The van der Waals surface area contributed by atoms with Crippen molar-refractivity contribution in [3.63, 3.8) is 0 Å². The van der Waals surface area contributed by atoms with Crippen molar-refractivity contribution in [3.8, 4) is 0 Å². The van der Waals surface area contributed by atoms with Crippen molar-refractivity contribution in [1.82, 2.24) is 18.6 Å². The van der Waals surface area contributed by atoms with E-state index < -0.39 is 10.0 Å². The van der Waals surface area contributed by atoms with Crippen molar-refractivity contribution in [2.75, 3.05) is 58.5 Å². The van der Waals surface area contributed by atoms with E-state index in [9.17, 15) is 8.42 Å². The number of hydrogen-bond acceptors (Lipinski definition) is 8. The van der Waals surface area contributed by atoms with E-state index in [0.717, 1.165) is 42.0 Å². The average molecular weight is 320 g/mol. The van der Waals surface area contributed by atoms with Gasteiger partial charge in [-0.2, -0.15) is 4.37 Å². The second-order valence-electron chi connectivity index (χ2n) is 4.92. The highest BCUT2D eigenvalue weighted by Gasteiger charge is 2.28. The standard InChI is InChI=1S/C10H20N6O2S2/c1-14(2)20(17,18)8-9(11)13-19-10(8)12-16-6-4-15(3)5-7-16/h12H,4-7H2,1-3H3,(H2,11,13). The van der Waals surface area contributed by atoms with Gasteiger partial charge in [0.15, 0.2) is 10.7 Å². The fourth-order valence-corrected chi connectivity index (χ4v) is 3.94. The minimum atomic E-state index is -3.60. The van der Waals surface area contributed by atoms with Crippen LogP contribution in [0.3, 0.4) is 0 Å². The Morgan fingerprint density at radius 2 is 1.90 bits per heavy atom. The van der Waals surface area contributed by atoms with E-state index >= 15 is 0 Å². The lowest BCUT2D eigenvalue weighted by Crippen LogP contribution is -2.47. The lowest BCUT2D eigenvalue weighted by molar-refractivity contribution is 0.179. The fourth-order valence-electron chi connectivity index (χ4n) is 1.86. The van der Waals surface area contributed by atoms with Gasteiger partial charge in [-0.05, 0) is 18.6 Å². The molecule has 0 unspecified atom stereocenters. The lowest BCUT2D eigenvalue weighted by Gasteiger charge is -2.32. The van der Waals surface area contributed by atoms with Crippen LogP contribution in [0.15, 0.2) is 4.90 Å². The summed E-state index contributed by atoms with van der Waals surface area (Å²) in [4.78, 5) is 2.28. The molecular formula is C10H20N6O2S2. The molecular weight excluding hydrogens is 300 g/mol. The first-order valence-corrected chi connectivity index (χ1v) is 8.41. The Hall–Kier alpha value is -0.940. The number of nitrogens with one attached hydrogen (secondary N) is 1. The maximum Gasteiger partial charge on any atom is 0.249 e. The first-order chi connectivity index (χ1) is 9.32. The van der Waals surface area contributed by atoms with Crippen LogP contribution in [0.1, 0.15) is 0 Å². The summed E-state index contributed by atoms with van der Waals surface area (Å²) in [6.45, 7) is 3.49. The number of hydrogen-bond donors (Lipinski definition) is 2. The number of anilines is 2. The Kier molecular flexibility index (Phi) is 4.49. The molecule has 1 saturated heterocycles. The zero-order valence-electron chi connectivity index (χ0n) is 11.8. The summed E-state index contributed by atoms with van der Waals surface area (Å²) in [7, 11) is 1.42. The van der Waals surface area contributed by atoms with Crippen LogP contribution >= 0.6 is 11.5 Å². The Balaban J connectivity index is 2.22. The first-order valence-electron chi connectivity index (χ1n) is 6.20. The van der Waals surface area contributed by atoms with Crippen LogP contribution in [0, 0.1) is 0 Å². The molecule has 0 aliphatic carbocycles. The number of nitrogens with two attached hydrogens (primary N) is 1. The number of aromatic nitrogens is 1. The van der Waals surface area contributed by atoms with Crippen molar-refractivity contribution >= 4 is 32.4 Å². The Labute approximate surface area is 123 Å². The molecule has 20 heavy (non-hydrogen) atoms. The summed E-state index contributed by atoms with van der Waals surface area (Å²) < 4.78 is 29.6. The normalized spacial score (nSPS) is 18.6. The largest absolute Gasteiger partial charge is 0.382 e. The monoisotopic (exact) mass is 320 g/mol. The molecule has 1 aliphatic rings. The maximum atomic E-state index is 12.3. The van der Waals surface area contributed by atoms with Gasteiger partial charge in [0, 0.05) is 40.3 Å². The van der Waals surface area contributed by atoms with Gasteiger partial charge in [-0.1, -0.05) is 0 Å². The number of piperazine rings is 1. The Bertz CT molecular complexity index is 562. The van der Waals surface area contributed by atoms with E-state index in [1.165, 1.54) is 14.1 Å². The van der Waals surface area contributed by atoms with Crippen LogP contribution in [0.4, 0.5) is 10.8 Å². The third-order valence-electron chi connectivity index (χ3n) is 3.18. The molecule has 0 saturated carbocycles. The molecule has 1 aromatic heterocycles. The van der Waals surface area contributed by atoms with E-state index in [0.29, 0.717) is 5.00 Å². The zero-order chi connectivity index (χ0) is 14.9. The summed E-state index contributed by atoms with van der Waals surface area (Å²) in [5.41, 5.74) is 8.85. The predicted molar refractivity (Wildman–Crippen MR) is 80.1 cm³/mol. The molecule has 8 nitrogen and oxygen atoms in total. The molecule has 1 fully saturated rings. The summed E-state index contributed by atoms with van der Waals surface area (Å²) in [6, 6.07) is 0. The van der Waals surface area contributed by atoms with Gasteiger partial charge in [-0.15, -0.1) is 0 Å². The predicted octanol–water partition coefficient (Wildman–Crippen LogP) is -0.450.